The van der Waals surface area contributed by atoms with Gasteiger partial charge >= 0.3 is 0 Å². The highest BCUT2D eigenvalue weighted by atomic mass is 16.5. The molecule has 0 saturated heterocycles. The first-order chi connectivity index (χ1) is 11.7. The van der Waals surface area contributed by atoms with Crippen molar-refractivity contribution in [2.75, 3.05) is 13.2 Å². The van der Waals surface area contributed by atoms with E-state index in [4.69, 9.17) is 9.47 Å². The van der Waals surface area contributed by atoms with E-state index in [2.05, 4.69) is 69.4 Å². The molecule has 1 aromatic heterocycles. The normalized spacial score (nSPS) is 12.7. The summed E-state index contributed by atoms with van der Waals surface area (Å²) in [5.74, 6) is 0. The quantitative estimate of drug-likeness (QED) is 0.401. The predicted octanol–water partition coefficient (Wildman–Crippen LogP) is 4.75. The van der Waals surface area contributed by atoms with E-state index in [1.165, 1.54) is 25.7 Å². The van der Waals surface area contributed by atoms with Crippen LogP contribution in [0.3, 0.4) is 0 Å². The van der Waals surface area contributed by atoms with Crippen molar-refractivity contribution in [1.82, 2.24) is 4.57 Å². The lowest BCUT2D eigenvalue weighted by atomic mass is 10.2. The van der Waals surface area contributed by atoms with Crippen LogP contribution in [0.5, 0.6) is 0 Å². The highest BCUT2D eigenvalue weighted by Crippen LogP contribution is 2.09. The molecule has 1 rings (SSSR count). The molecule has 0 saturated carbocycles. The van der Waals surface area contributed by atoms with Crippen LogP contribution in [0.2, 0.25) is 0 Å². The summed E-state index contributed by atoms with van der Waals surface area (Å²) in [6, 6.07) is 0. The molecular weight excluding hydrogens is 312 g/mol. The Balaban J connectivity index is 2.04. The van der Waals surface area contributed by atoms with Crippen molar-refractivity contribution in [1.29, 1.82) is 0 Å². The summed E-state index contributed by atoms with van der Waals surface area (Å²) in [4.78, 5) is 0. The fourth-order valence-corrected chi connectivity index (χ4v) is 2.61. The largest absolute Gasteiger partial charge is 0.376 e. The number of ether oxygens (including phenoxy) is 2. The minimum absolute atomic E-state index is 0.00909. The lowest BCUT2D eigenvalue weighted by Crippen LogP contribution is -2.31. The van der Waals surface area contributed by atoms with Crippen molar-refractivity contribution in [2.45, 2.75) is 104 Å². The monoisotopic (exact) mass is 353 g/mol. The number of hydrogen-bond acceptors (Lipinski definition) is 2. The zero-order chi connectivity index (χ0) is 18.8. The van der Waals surface area contributed by atoms with Gasteiger partial charge < -0.3 is 9.47 Å². The summed E-state index contributed by atoms with van der Waals surface area (Å²) >= 11 is 0. The maximum atomic E-state index is 5.76. The summed E-state index contributed by atoms with van der Waals surface area (Å²) in [5.41, 5.74) is -0.0182. The van der Waals surface area contributed by atoms with Crippen LogP contribution in [-0.4, -0.2) is 29.0 Å². The van der Waals surface area contributed by atoms with Crippen molar-refractivity contribution in [2.24, 2.45) is 0 Å². The van der Waals surface area contributed by atoms with Crippen LogP contribution < -0.4 is 4.57 Å². The Morgan fingerprint density at radius 1 is 0.760 bits per heavy atom. The molecule has 0 aliphatic heterocycles. The Hall–Kier alpha value is -0.870. The highest BCUT2D eigenvalue weighted by Gasteiger charge is 2.10. The third-order valence-corrected chi connectivity index (χ3v) is 3.94. The van der Waals surface area contributed by atoms with Crippen LogP contribution in [0, 0.1) is 0 Å². The molecule has 0 amide bonds. The van der Waals surface area contributed by atoms with Gasteiger partial charge in [-0.2, -0.15) is 0 Å². The molecule has 0 N–H and O–H groups in total. The fraction of sp³-hybridized carbons (Fsp3) is 0.857. The van der Waals surface area contributed by atoms with E-state index in [9.17, 15) is 0 Å². The summed E-state index contributed by atoms with van der Waals surface area (Å²) in [5, 5.41) is 0. The Morgan fingerprint density at radius 2 is 1.32 bits per heavy atom. The average Bonchev–Trinajstić information content (AvgIpc) is 2.92. The number of rotatable bonds is 12. The van der Waals surface area contributed by atoms with Crippen LogP contribution in [-0.2, 0) is 22.6 Å². The van der Waals surface area contributed by atoms with Gasteiger partial charge in [0.1, 0.15) is 12.4 Å². The topological polar surface area (TPSA) is 27.3 Å². The van der Waals surface area contributed by atoms with Gasteiger partial charge in [0.15, 0.2) is 0 Å². The zero-order valence-electron chi connectivity index (χ0n) is 17.5. The lowest BCUT2D eigenvalue weighted by molar-refractivity contribution is -0.696. The minimum Gasteiger partial charge on any atom is -0.376 e. The van der Waals surface area contributed by atoms with Gasteiger partial charge in [0.25, 0.3) is 0 Å². The molecule has 0 aliphatic rings. The van der Waals surface area contributed by atoms with Crippen molar-refractivity contribution in [3.63, 3.8) is 0 Å². The second-order valence-electron chi connectivity index (χ2n) is 8.93. The summed E-state index contributed by atoms with van der Waals surface area (Å²) < 4.78 is 16.1. The van der Waals surface area contributed by atoms with Gasteiger partial charge in [0.2, 0.25) is 6.33 Å². The maximum Gasteiger partial charge on any atom is 0.243 e. The number of aromatic nitrogens is 2. The van der Waals surface area contributed by atoms with Crippen LogP contribution in [0.4, 0.5) is 0 Å². The van der Waals surface area contributed by atoms with E-state index >= 15 is 0 Å². The molecule has 0 atom stereocenters. The standard InChI is InChI=1S/C21H41N2O2/c1-20(2,3)24-17-11-7-9-13-22-15-16-23(19-22)14-10-8-12-18-25-21(4,5)6/h15-16,19H,7-14,17-18H2,1-6H3/q+1. The van der Waals surface area contributed by atoms with E-state index in [0.29, 0.717) is 0 Å². The number of imidazole rings is 1. The number of hydrogen-bond donors (Lipinski definition) is 0. The lowest BCUT2D eigenvalue weighted by Gasteiger charge is -2.19. The smallest absolute Gasteiger partial charge is 0.243 e. The first-order valence-electron chi connectivity index (χ1n) is 9.98. The van der Waals surface area contributed by atoms with Crippen LogP contribution in [0.25, 0.3) is 0 Å². The minimum atomic E-state index is -0.00909. The number of aryl methyl sites for hydroxylation is 2. The van der Waals surface area contributed by atoms with E-state index in [-0.39, 0.29) is 11.2 Å². The zero-order valence-corrected chi connectivity index (χ0v) is 17.5. The molecule has 0 aromatic carbocycles. The molecule has 0 fully saturated rings. The van der Waals surface area contributed by atoms with Crippen LogP contribution in [0.15, 0.2) is 18.7 Å². The fourth-order valence-electron chi connectivity index (χ4n) is 2.61. The van der Waals surface area contributed by atoms with E-state index < -0.39 is 0 Å². The molecular formula is C21H41N2O2+. The molecule has 0 spiro atoms. The number of unbranched alkanes of at least 4 members (excludes halogenated alkanes) is 4. The number of nitrogens with zero attached hydrogens (tertiary/aromatic N) is 2. The second kappa shape index (κ2) is 11.0. The van der Waals surface area contributed by atoms with E-state index in [0.717, 1.165) is 39.1 Å². The molecule has 4 nitrogen and oxygen atoms in total. The molecule has 0 unspecified atom stereocenters. The van der Waals surface area contributed by atoms with Gasteiger partial charge in [-0.05, 0) is 80.1 Å². The maximum absolute atomic E-state index is 5.76. The van der Waals surface area contributed by atoms with Gasteiger partial charge in [-0.15, -0.1) is 0 Å². The molecule has 0 aliphatic carbocycles. The van der Waals surface area contributed by atoms with Crippen LogP contribution >= 0.6 is 0 Å². The molecule has 1 heterocycles. The summed E-state index contributed by atoms with van der Waals surface area (Å²) in [6.45, 7) is 16.6. The van der Waals surface area contributed by atoms with Gasteiger partial charge in [-0.3, -0.25) is 0 Å². The Bertz CT molecular complexity index is 415. The van der Waals surface area contributed by atoms with Crippen molar-refractivity contribution in [3.8, 4) is 0 Å². The Kier molecular flexibility index (Phi) is 9.73. The Morgan fingerprint density at radius 3 is 1.88 bits per heavy atom. The second-order valence-corrected chi connectivity index (χ2v) is 8.93. The highest BCUT2D eigenvalue weighted by molar-refractivity contribution is 4.66. The molecule has 1 aromatic rings. The third-order valence-electron chi connectivity index (χ3n) is 3.94. The van der Waals surface area contributed by atoms with Gasteiger partial charge in [-0.1, -0.05) is 0 Å². The molecule has 0 bridgehead atoms. The third kappa shape index (κ3) is 13.1. The van der Waals surface area contributed by atoms with Crippen molar-refractivity contribution in [3.05, 3.63) is 18.7 Å². The van der Waals surface area contributed by atoms with Crippen molar-refractivity contribution >= 4 is 0 Å². The molecule has 4 heteroatoms. The first-order valence-corrected chi connectivity index (χ1v) is 9.98. The molecule has 146 valence electrons. The van der Waals surface area contributed by atoms with E-state index in [1.54, 1.807) is 0 Å². The molecule has 25 heavy (non-hydrogen) atoms. The summed E-state index contributed by atoms with van der Waals surface area (Å²) in [7, 11) is 0. The molecule has 0 radical (unpaired) electrons. The van der Waals surface area contributed by atoms with Gasteiger partial charge in [0, 0.05) is 13.2 Å². The SMILES string of the molecule is CC(C)(C)OCCCCCn1cc[n+](CCCCCOC(C)(C)C)c1. The Labute approximate surface area is 155 Å². The first kappa shape index (κ1) is 22.2. The summed E-state index contributed by atoms with van der Waals surface area (Å²) in [6.07, 6.45) is 13.8. The average molecular weight is 354 g/mol. The van der Waals surface area contributed by atoms with Gasteiger partial charge in [-0.25, -0.2) is 9.13 Å². The van der Waals surface area contributed by atoms with Gasteiger partial charge in [0.05, 0.1) is 24.3 Å². The van der Waals surface area contributed by atoms with E-state index in [1.807, 2.05) is 0 Å². The predicted molar refractivity (Wildman–Crippen MR) is 104 cm³/mol. The van der Waals surface area contributed by atoms with Crippen LogP contribution in [0.1, 0.15) is 80.1 Å². The van der Waals surface area contributed by atoms with Crippen molar-refractivity contribution < 1.29 is 14.0 Å².